The van der Waals surface area contributed by atoms with Crippen molar-refractivity contribution in [3.63, 3.8) is 0 Å². The molecule has 0 bridgehead atoms. The average Bonchev–Trinajstić information content (AvgIpc) is 2.82. The molecule has 3 rings (SSSR count). The number of hydrogen-bond acceptors (Lipinski definition) is 3. The van der Waals surface area contributed by atoms with Crippen molar-refractivity contribution in [2.75, 3.05) is 0 Å². The summed E-state index contributed by atoms with van der Waals surface area (Å²) in [6, 6.07) is 13.8. The van der Waals surface area contributed by atoms with Gasteiger partial charge in [0.05, 0.1) is 0 Å². The van der Waals surface area contributed by atoms with Crippen molar-refractivity contribution in [2.45, 2.75) is 10.6 Å². The Balaban J connectivity index is 1.87. The number of hydrogen-bond donors (Lipinski definition) is 1. The second kappa shape index (κ2) is 4.97. The van der Waals surface area contributed by atoms with E-state index in [-0.39, 0.29) is 0 Å². The van der Waals surface area contributed by atoms with Crippen LogP contribution in [0.2, 0.25) is 0 Å². The number of phenolic OH excluding ortho intramolecular Hbond substituents is 1. The standard InChI is InChI=1S/C15H14N2OS/c1-17-12(6-7-16-17)10-19-13-8-11-4-2-3-5-14(11)15(18)9-13/h2-9,18H,10H2,1H3. The highest BCUT2D eigenvalue weighted by Crippen LogP contribution is 2.32. The van der Waals surface area contributed by atoms with E-state index in [1.807, 2.05) is 48.1 Å². The molecule has 0 saturated carbocycles. The number of phenols is 1. The lowest BCUT2D eigenvalue weighted by molar-refractivity contribution is 0.480. The first-order valence-electron chi connectivity index (χ1n) is 6.05. The Kier molecular flexibility index (Phi) is 3.17. The SMILES string of the molecule is Cn1nccc1CSc1cc(O)c2ccccc2c1. The maximum absolute atomic E-state index is 10.0. The number of aromatic nitrogens is 2. The van der Waals surface area contributed by atoms with Crippen LogP contribution in [0.3, 0.4) is 0 Å². The monoisotopic (exact) mass is 270 g/mol. The molecule has 4 heteroatoms. The Hall–Kier alpha value is -1.94. The number of fused-ring (bicyclic) bond motifs is 1. The Bertz CT molecular complexity index is 721. The average molecular weight is 270 g/mol. The van der Waals surface area contributed by atoms with E-state index in [0.29, 0.717) is 5.75 Å². The lowest BCUT2D eigenvalue weighted by atomic mass is 10.1. The van der Waals surface area contributed by atoms with Crippen LogP contribution in [-0.2, 0) is 12.8 Å². The van der Waals surface area contributed by atoms with Crippen molar-refractivity contribution in [3.05, 3.63) is 54.4 Å². The van der Waals surface area contributed by atoms with Crippen molar-refractivity contribution < 1.29 is 5.11 Å². The maximum Gasteiger partial charge on any atom is 0.124 e. The number of aryl methyl sites for hydroxylation is 1. The molecule has 0 fully saturated rings. The summed E-state index contributed by atoms with van der Waals surface area (Å²) in [5.74, 6) is 1.18. The zero-order valence-electron chi connectivity index (χ0n) is 10.6. The molecule has 0 unspecified atom stereocenters. The van der Waals surface area contributed by atoms with Gasteiger partial charge < -0.3 is 5.11 Å². The van der Waals surface area contributed by atoms with E-state index < -0.39 is 0 Å². The van der Waals surface area contributed by atoms with E-state index in [4.69, 9.17) is 0 Å². The molecule has 1 N–H and O–H groups in total. The van der Waals surface area contributed by atoms with Gasteiger partial charge in [0.1, 0.15) is 5.75 Å². The summed E-state index contributed by atoms with van der Waals surface area (Å²) in [5.41, 5.74) is 1.16. The summed E-state index contributed by atoms with van der Waals surface area (Å²) >= 11 is 1.70. The van der Waals surface area contributed by atoms with Gasteiger partial charge in [-0.15, -0.1) is 11.8 Å². The molecule has 1 heterocycles. The Labute approximate surface area is 115 Å². The van der Waals surface area contributed by atoms with Crippen LogP contribution in [0.25, 0.3) is 10.8 Å². The van der Waals surface area contributed by atoms with Crippen LogP contribution in [0.5, 0.6) is 5.75 Å². The summed E-state index contributed by atoms with van der Waals surface area (Å²) in [6.45, 7) is 0. The summed E-state index contributed by atoms with van der Waals surface area (Å²) < 4.78 is 1.87. The third-order valence-electron chi connectivity index (χ3n) is 3.12. The minimum absolute atomic E-state index is 0.339. The van der Waals surface area contributed by atoms with E-state index in [1.54, 1.807) is 18.0 Å². The third kappa shape index (κ3) is 2.44. The quantitative estimate of drug-likeness (QED) is 0.739. The zero-order valence-corrected chi connectivity index (χ0v) is 11.4. The Morgan fingerprint density at radius 1 is 1.21 bits per heavy atom. The number of rotatable bonds is 3. The molecule has 0 amide bonds. The molecule has 0 aliphatic heterocycles. The normalized spacial score (nSPS) is 11.0. The van der Waals surface area contributed by atoms with Crippen molar-refractivity contribution in [3.8, 4) is 5.75 Å². The molecule has 0 saturated heterocycles. The van der Waals surface area contributed by atoms with Gasteiger partial charge in [-0.1, -0.05) is 24.3 Å². The summed E-state index contributed by atoms with van der Waals surface area (Å²) in [7, 11) is 1.94. The largest absolute Gasteiger partial charge is 0.507 e. The molecular formula is C15H14N2OS. The number of benzene rings is 2. The second-order valence-corrected chi connectivity index (χ2v) is 5.45. The molecule has 2 aromatic carbocycles. The van der Waals surface area contributed by atoms with Crippen LogP contribution >= 0.6 is 11.8 Å². The predicted molar refractivity (Wildman–Crippen MR) is 78.4 cm³/mol. The van der Waals surface area contributed by atoms with Gasteiger partial charge >= 0.3 is 0 Å². The molecule has 0 spiro atoms. The summed E-state index contributed by atoms with van der Waals surface area (Å²) in [4.78, 5) is 1.07. The van der Waals surface area contributed by atoms with Crippen molar-refractivity contribution >= 4 is 22.5 Å². The van der Waals surface area contributed by atoms with Gasteiger partial charge in [-0.3, -0.25) is 4.68 Å². The topological polar surface area (TPSA) is 38.0 Å². The fourth-order valence-electron chi connectivity index (χ4n) is 2.05. The molecule has 1 aromatic heterocycles. The summed E-state index contributed by atoms with van der Waals surface area (Å²) in [6.07, 6.45) is 1.80. The Morgan fingerprint density at radius 3 is 2.84 bits per heavy atom. The number of thioether (sulfide) groups is 1. The zero-order chi connectivity index (χ0) is 13.2. The Morgan fingerprint density at radius 2 is 2.05 bits per heavy atom. The van der Waals surface area contributed by atoms with E-state index in [9.17, 15) is 5.11 Å². The van der Waals surface area contributed by atoms with E-state index >= 15 is 0 Å². The van der Waals surface area contributed by atoms with Crippen molar-refractivity contribution in [2.24, 2.45) is 7.05 Å². The minimum Gasteiger partial charge on any atom is -0.507 e. The highest BCUT2D eigenvalue weighted by molar-refractivity contribution is 7.98. The molecular weight excluding hydrogens is 256 g/mol. The van der Waals surface area contributed by atoms with Gasteiger partial charge in [0.25, 0.3) is 0 Å². The molecule has 19 heavy (non-hydrogen) atoms. The molecule has 3 aromatic rings. The molecule has 0 atom stereocenters. The van der Waals surface area contributed by atoms with Gasteiger partial charge in [-0.05, 0) is 23.6 Å². The predicted octanol–water partition coefficient (Wildman–Crippen LogP) is 3.57. The van der Waals surface area contributed by atoms with Crippen molar-refractivity contribution in [1.82, 2.24) is 9.78 Å². The number of aromatic hydroxyl groups is 1. The first-order chi connectivity index (χ1) is 9.24. The van der Waals surface area contributed by atoms with Gasteiger partial charge in [0.2, 0.25) is 0 Å². The second-order valence-electron chi connectivity index (χ2n) is 4.40. The van der Waals surface area contributed by atoms with E-state index in [2.05, 4.69) is 11.2 Å². The fraction of sp³-hybridized carbons (Fsp3) is 0.133. The van der Waals surface area contributed by atoms with Crippen molar-refractivity contribution in [1.29, 1.82) is 0 Å². The molecule has 3 nitrogen and oxygen atoms in total. The van der Waals surface area contributed by atoms with Crippen LogP contribution in [0, 0.1) is 0 Å². The van der Waals surface area contributed by atoms with Crippen LogP contribution in [-0.4, -0.2) is 14.9 Å². The lowest BCUT2D eigenvalue weighted by Gasteiger charge is -2.06. The van der Waals surface area contributed by atoms with Crippen LogP contribution < -0.4 is 0 Å². The third-order valence-corrected chi connectivity index (χ3v) is 4.13. The molecule has 0 radical (unpaired) electrons. The van der Waals surface area contributed by atoms with Gasteiger partial charge in [0.15, 0.2) is 0 Å². The van der Waals surface area contributed by atoms with Gasteiger partial charge in [-0.25, -0.2) is 0 Å². The van der Waals surface area contributed by atoms with Crippen LogP contribution in [0.4, 0.5) is 0 Å². The maximum atomic E-state index is 10.0. The number of nitrogens with zero attached hydrogens (tertiary/aromatic N) is 2. The fourth-order valence-corrected chi connectivity index (χ4v) is 3.05. The smallest absolute Gasteiger partial charge is 0.124 e. The van der Waals surface area contributed by atoms with E-state index in [0.717, 1.165) is 27.1 Å². The first kappa shape index (κ1) is 12.1. The highest BCUT2D eigenvalue weighted by Gasteiger charge is 2.05. The lowest BCUT2D eigenvalue weighted by Crippen LogP contribution is -1.95. The highest BCUT2D eigenvalue weighted by atomic mass is 32.2. The molecule has 0 aliphatic carbocycles. The molecule has 96 valence electrons. The minimum atomic E-state index is 0.339. The van der Waals surface area contributed by atoms with Gasteiger partial charge in [0, 0.05) is 35.0 Å². The van der Waals surface area contributed by atoms with Crippen LogP contribution in [0.1, 0.15) is 5.69 Å². The van der Waals surface area contributed by atoms with Crippen LogP contribution in [0.15, 0.2) is 53.6 Å². The first-order valence-corrected chi connectivity index (χ1v) is 7.04. The van der Waals surface area contributed by atoms with E-state index in [1.165, 1.54) is 0 Å². The summed E-state index contributed by atoms with van der Waals surface area (Å²) in [5, 5.41) is 16.1. The molecule has 0 aliphatic rings. The van der Waals surface area contributed by atoms with Gasteiger partial charge in [-0.2, -0.15) is 5.10 Å².